The molecule has 1 amide bonds. The zero-order valence-corrected chi connectivity index (χ0v) is 16.4. The van der Waals surface area contributed by atoms with Gasteiger partial charge in [-0.25, -0.2) is 0 Å². The van der Waals surface area contributed by atoms with Crippen molar-refractivity contribution in [1.29, 1.82) is 0 Å². The van der Waals surface area contributed by atoms with Gasteiger partial charge in [-0.3, -0.25) is 14.9 Å². The smallest absolute Gasteiger partial charge is 0.284 e. The van der Waals surface area contributed by atoms with E-state index in [1.807, 2.05) is 38.1 Å². The van der Waals surface area contributed by atoms with Gasteiger partial charge in [-0.15, -0.1) is 10.2 Å². The van der Waals surface area contributed by atoms with Crippen molar-refractivity contribution in [2.45, 2.75) is 29.9 Å². The Hall–Kier alpha value is -3.20. The predicted octanol–water partition coefficient (Wildman–Crippen LogP) is 3.67. The second-order valence-corrected chi connectivity index (χ2v) is 7.38. The van der Waals surface area contributed by atoms with Crippen LogP contribution in [0.15, 0.2) is 58.8 Å². The molecule has 2 aromatic carbocycles. The third-order valence-electron chi connectivity index (χ3n) is 4.21. The lowest BCUT2D eigenvalue weighted by Gasteiger charge is -2.15. The molecular formula is C19H19N5O3S. The molecule has 0 radical (unpaired) electrons. The van der Waals surface area contributed by atoms with E-state index in [2.05, 4.69) is 15.5 Å². The molecule has 0 saturated carbocycles. The number of amides is 1. The summed E-state index contributed by atoms with van der Waals surface area (Å²) in [5.74, 6) is -0.369. The standard InChI is InChI=1S/C19H19N5O3S/c1-12-4-6-14(7-5-12)13(2)21-18(25)15-8-9-17(16(10-15)24(26)27)28-19-22-20-11-23(19)3/h4-11,13H,1-3H3,(H,21,25). The number of hydrogen-bond acceptors (Lipinski definition) is 6. The Morgan fingerprint density at radius 2 is 1.96 bits per heavy atom. The second-order valence-electron chi connectivity index (χ2n) is 6.37. The number of carbonyl (C=O) groups excluding carboxylic acids is 1. The minimum absolute atomic E-state index is 0.149. The highest BCUT2D eigenvalue weighted by Crippen LogP contribution is 2.34. The van der Waals surface area contributed by atoms with E-state index in [4.69, 9.17) is 0 Å². The summed E-state index contributed by atoms with van der Waals surface area (Å²) in [4.78, 5) is 24.0. The Kier molecular flexibility index (Phi) is 5.74. The highest BCUT2D eigenvalue weighted by molar-refractivity contribution is 7.99. The molecule has 1 aromatic heterocycles. The fourth-order valence-electron chi connectivity index (χ4n) is 2.57. The van der Waals surface area contributed by atoms with Gasteiger partial charge in [-0.05, 0) is 43.3 Å². The summed E-state index contributed by atoms with van der Waals surface area (Å²) in [5, 5.41) is 22.6. The summed E-state index contributed by atoms with van der Waals surface area (Å²) in [6.07, 6.45) is 1.52. The summed E-state index contributed by atoms with van der Waals surface area (Å²) >= 11 is 1.12. The Balaban J connectivity index is 1.80. The van der Waals surface area contributed by atoms with Crippen molar-refractivity contribution in [3.05, 3.63) is 75.6 Å². The quantitative estimate of drug-likeness (QED) is 0.503. The lowest BCUT2D eigenvalue weighted by Crippen LogP contribution is -2.26. The van der Waals surface area contributed by atoms with Crippen LogP contribution in [-0.2, 0) is 7.05 Å². The first-order chi connectivity index (χ1) is 13.3. The fourth-order valence-corrected chi connectivity index (χ4v) is 3.42. The van der Waals surface area contributed by atoms with E-state index in [1.54, 1.807) is 23.7 Å². The number of nitro groups is 1. The van der Waals surface area contributed by atoms with Crippen molar-refractivity contribution in [3.8, 4) is 0 Å². The van der Waals surface area contributed by atoms with E-state index in [-0.39, 0.29) is 23.2 Å². The van der Waals surface area contributed by atoms with E-state index in [0.29, 0.717) is 10.1 Å². The molecule has 9 heteroatoms. The first-order valence-corrected chi connectivity index (χ1v) is 9.34. The zero-order valence-electron chi connectivity index (χ0n) is 15.6. The predicted molar refractivity (Wildman–Crippen MR) is 105 cm³/mol. The Morgan fingerprint density at radius 3 is 2.57 bits per heavy atom. The number of nitrogens with zero attached hydrogens (tertiary/aromatic N) is 4. The Labute approximate surface area is 166 Å². The third-order valence-corrected chi connectivity index (χ3v) is 5.33. The van der Waals surface area contributed by atoms with Crippen LogP contribution in [0.2, 0.25) is 0 Å². The van der Waals surface area contributed by atoms with Crippen molar-refractivity contribution in [3.63, 3.8) is 0 Å². The molecule has 144 valence electrons. The summed E-state index contributed by atoms with van der Waals surface area (Å²) < 4.78 is 1.66. The lowest BCUT2D eigenvalue weighted by molar-refractivity contribution is -0.387. The number of aromatic nitrogens is 3. The summed E-state index contributed by atoms with van der Waals surface area (Å²) in [6.45, 7) is 3.86. The monoisotopic (exact) mass is 397 g/mol. The van der Waals surface area contributed by atoms with Gasteiger partial charge in [0.15, 0.2) is 5.16 Å². The van der Waals surface area contributed by atoms with Crippen LogP contribution in [0.4, 0.5) is 5.69 Å². The van der Waals surface area contributed by atoms with E-state index in [1.165, 1.54) is 12.4 Å². The van der Waals surface area contributed by atoms with Gasteiger partial charge in [0, 0.05) is 18.7 Å². The van der Waals surface area contributed by atoms with Crippen molar-refractivity contribution >= 4 is 23.4 Å². The fraction of sp³-hybridized carbons (Fsp3) is 0.211. The van der Waals surface area contributed by atoms with Crippen LogP contribution < -0.4 is 5.32 Å². The van der Waals surface area contributed by atoms with E-state index < -0.39 is 4.92 Å². The van der Waals surface area contributed by atoms with E-state index in [0.717, 1.165) is 22.9 Å². The van der Waals surface area contributed by atoms with Gasteiger partial charge in [0.05, 0.1) is 15.9 Å². The molecule has 1 unspecified atom stereocenters. The SMILES string of the molecule is Cc1ccc(C(C)NC(=O)c2ccc(Sc3nncn3C)c([N+](=O)[O-])c2)cc1. The molecule has 28 heavy (non-hydrogen) atoms. The molecule has 0 aliphatic rings. The molecule has 0 aliphatic heterocycles. The van der Waals surface area contributed by atoms with Gasteiger partial charge in [-0.2, -0.15) is 0 Å². The van der Waals surface area contributed by atoms with Crippen LogP contribution in [0.25, 0.3) is 0 Å². The largest absolute Gasteiger partial charge is 0.346 e. The Morgan fingerprint density at radius 1 is 1.25 bits per heavy atom. The molecule has 3 rings (SSSR count). The first kappa shape index (κ1) is 19.6. The molecule has 0 spiro atoms. The average Bonchev–Trinajstić information content (AvgIpc) is 3.07. The normalized spacial score (nSPS) is 11.8. The number of carbonyl (C=O) groups is 1. The molecule has 1 N–H and O–H groups in total. The number of hydrogen-bond donors (Lipinski definition) is 1. The van der Waals surface area contributed by atoms with Crippen molar-refractivity contribution < 1.29 is 9.72 Å². The first-order valence-electron chi connectivity index (χ1n) is 8.53. The van der Waals surface area contributed by atoms with Gasteiger partial charge in [0.25, 0.3) is 11.6 Å². The molecule has 0 fully saturated rings. The van der Waals surface area contributed by atoms with Crippen LogP contribution in [-0.4, -0.2) is 25.6 Å². The minimum atomic E-state index is -0.501. The molecule has 1 heterocycles. The highest BCUT2D eigenvalue weighted by atomic mass is 32.2. The maximum absolute atomic E-state index is 12.6. The van der Waals surface area contributed by atoms with Gasteiger partial charge in [-0.1, -0.05) is 29.8 Å². The van der Waals surface area contributed by atoms with Crippen molar-refractivity contribution in [1.82, 2.24) is 20.1 Å². The van der Waals surface area contributed by atoms with Crippen LogP contribution in [0, 0.1) is 17.0 Å². The minimum Gasteiger partial charge on any atom is -0.346 e. The molecule has 8 nitrogen and oxygen atoms in total. The maximum Gasteiger partial charge on any atom is 0.284 e. The summed E-state index contributed by atoms with van der Waals surface area (Å²) in [7, 11) is 1.75. The number of aryl methyl sites for hydroxylation is 2. The van der Waals surface area contributed by atoms with Crippen LogP contribution >= 0.6 is 11.8 Å². The number of benzene rings is 2. The average molecular weight is 397 g/mol. The molecular weight excluding hydrogens is 378 g/mol. The highest BCUT2D eigenvalue weighted by Gasteiger charge is 2.21. The third kappa shape index (κ3) is 4.37. The van der Waals surface area contributed by atoms with Gasteiger partial charge >= 0.3 is 0 Å². The summed E-state index contributed by atoms with van der Waals surface area (Å²) in [6, 6.07) is 12.0. The Bertz CT molecular complexity index is 1020. The number of rotatable bonds is 6. The molecule has 3 aromatic rings. The van der Waals surface area contributed by atoms with Gasteiger partial charge < -0.3 is 9.88 Å². The van der Waals surface area contributed by atoms with E-state index >= 15 is 0 Å². The van der Waals surface area contributed by atoms with Crippen molar-refractivity contribution in [2.24, 2.45) is 7.05 Å². The second kappa shape index (κ2) is 8.22. The van der Waals surface area contributed by atoms with Crippen molar-refractivity contribution in [2.75, 3.05) is 0 Å². The summed E-state index contributed by atoms with van der Waals surface area (Å²) in [5.41, 5.74) is 2.17. The van der Waals surface area contributed by atoms with Gasteiger partial charge in [0.1, 0.15) is 6.33 Å². The maximum atomic E-state index is 12.6. The zero-order chi connectivity index (χ0) is 20.3. The molecule has 0 aliphatic carbocycles. The van der Waals surface area contributed by atoms with Crippen LogP contribution in [0.5, 0.6) is 0 Å². The van der Waals surface area contributed by atoms with Gasteiger partial charge in [0.2, 0.25) is 0 Å². The van der Waals surface area contributed by atoms with Crippen LogP contribution in [0.1, 0.15) is 34.5 Å². The number of nitrogens with one attached hydrogen (secondary N) is 1. The van der Waals surface area contributed by atoms with Crippen LogP contribution in [0.3, 0.4) is 0 Å². The molecule has 1 atom stereocenters. The lowest BCUT2D eigenvalue weighted by atomic mass is 10.1. The van der Waals surface area contributed by atoms with E-state index in [9.17, 15) is 14.9 Å². The number of nitro benzene ring substituents is 1. The topological polar surface area (TPSA) is 103 Å². The molecule has 0 bridgehead atoms. The molecule has 0 saturated heterocycles.